The molecule has 0 aliphatic carbocycles. The maximum Gasteiger partial charge on any atom is 0.309 e. The van der Waals surface area contributed by atoms with E-state index in [0.29, 0.717) is 23.9 Å². The van der Waals surface area contributed by atoms with Crippen LogP contribution in [0, 0.1) is 0 Å². The average Bonchev–Trinajstić information content (AvgIpc) is 3.02. The van der Waals surface area contributed by atoms with E-state index in [1.807, 2.05) is 48.5 Å². The molecule has 1 aromatic heterocycles. The summed E-state index contributed by atoms with van der Waals surface area (Å²) in [5, 5.41) is 11.1. The van der Waals surface area contributed by atoms with Crippen molar-refractivity contribution in [2.75, 3.05) is 0 Å². The zero-order chi connectivity index (χ0) is 16.1. The minimum Gasteiger partial charge on any atom is -0.417 e. The molecule has 0 saturated carbocycles. The van der Waals surface area contributed by atoms with Gasteiger partial charge in [0.05, 0.1) is 6.42 Å². The van der Waals surface area contributed by atoms with Crippen molar-refractivity contribution in [3.8, 4) is 0 Å². The van der Waals surface area contributed by atoms with Crippen molar-refractivity contribution in [3.05, 3.63) is 82.5 Å². The van der Waals surface area contributed by atoms with Crippen molar-refractivity contribution in [1.82, 2.24) is 15.5 Å². The number of nitrogens with one attached hydrogen (secondary N) is 1. The number of nitrogens with zero attached hydrogens (tertiary/aromatic N) is 2. The Morgan fingerprint density at radius 1 is 1.04 bits per heavy atom. The Bertz CT molecular complexity index is 802. The van der Waals surface area contributed by atoms with Gasteiger partial charge in [-0.15, -0.1) is 10.2 Å². The predicted octanol–water partition coefficient (Wildman–Crippen LogP) is 3.24. The monoisotopic (exact) mass is 327 g/mol. The second-order valence-corrected chi connectivity index (χ2v) is 5.41. The molecular formula is C17H14ClN3O2. The molecule has 0 saturated heterocycles. The molecule has 5 nitrogen and oxygen atoms in total. The van der Waals surface area contributed by atoms with Crippen LogP contribution >= 0.6 is 11.6 Å². The number of rotatable bonds is 5. The zero-order valence-corrected chi connectivity index (χ0v) is 13.0. The fourth-order valence-corrected chi connectivity index (χ4v) is 2.31. The van der Waals surface area contributed by atoms with Crippen LogP contribution in [-0.2, 0) is 13.0 Å². The molecule has 23 heavy (non-hydrogen) atoms. The van der Waals surface area contributed by atoms with E-state index in [9.17, 15) is 4.79 Å². The molecule has 0 atom stereocenters. The fourth-order valence-electron chi connectivity index (χ4n) is 2.09. The van der Waals surface area contributed by atoms with E-state index in [-0.39, 0.29) is 5.89 Å². The summed E-state index contributed by atoms with van der Waals surface area (Å²) in [5.74, 6) is -0.0613. The number of hydrogen-bond donors (Lipinski definition) is 1. The maximum atomic E-state index is 12.0. The smallest absolute Gasteiger partial charge is 0.309 e. The van der Waals surface area contributed by atoms with Crippen LogP contribution in [0.15, 0.2) is 59.0 Å². The van der Waals surface area contributed by atoms with Crippen LogP contribution in [0.3, 0.4) is 0 Å². The number of hydrogen-bond acceptors (Lipinski definition) is 4. The molecule has 1 amide bonds. The molecule has 0 radical (unpaired) electrons. The molecule has 0 aliphatic rings. The molecule has 6 heteroatoms. The lowest BCUT2D eigenvalue weighted by atomic mass is 10.1. The van der Waals surface area contributed by atoms with Gasteiger partial charge in [-0.3, -0.25) is 4.79 Å². The zero-order valence-electron chi connectivity index (χ0n) is 12.2. The lowest BCUT2D eigenvalue weighted by Crippen LogP contribution is -2.23. The summed E-state index contributed by atoms with van der Waals surface area (Å²) in [6.45, 7) is 0.408. The van der Waals surface area contributed by atoms with Crippen molar-refractivity contribution < 1.29 is 9.21 Å². The fraction of sp³-hybridized carbons (Fsp3) is 0.118. The molecule has 3 rings (SSSR count). The first-order valence-corrected chi connectivity index (χ1v) is 7.47. The highest BCUT2D eigenvalue weighted by molar-refractivity contribution is 6.30. The molecule has 3 aromatic rings. The number of benzene rings is 2. The summed E-state index contributed by atoms with van der Waals surface area (Å²) in [6.07, 6.45) is 0.430. The Kier molecular flexibility index (Phi) is 4.68. The third kappa shape index (κ3) is 4.17. The molecule has 1 N–H and O–H groups in total. The van der Waals surface area contributed by atoms with Crippen LogP contribution in [0.5, 0.6) is 0 Å². The first-order valence-electron chi connectivity index (χ1n) is 7.09. The largest absolute Gasteiger partial charge is 0.417 e. The number of halogens is 1. The van der Waals surface area contributed by atoms with Crippen LogP contribution < -0.4 is 5.32 Å². The third-order valence-electron chi connectivity index (χ3n) is 3.20. The molecule has 0 bridgehead atoms. The van der Waals surface area contributed by atoms with Crippen molar-refractivity contribution >= 4 is 17.5 Å². The maximum absolute atomic E-state index is 12.0. The minimum atomic E-state index is -0.390. The van der Waals surface area contributed by atoms with E-state index in [0.717, 1.165) is 11.1 Å². The molecule has 2 aromatic carbocycles. The number of carbonyl (C=O) groups excluding carboxylic acids is 1. The second kappa shape index (κ2) is 7.07. The van der Waals surface area contributed by atoms with E-state index >= 15 is 0 Å². The summed E-state index contributed by atoms with van der Waals surface area (Å²) in [4.78, 5) is 12.0. The van der Waals surface area contributed by atoms with E-state index in [2.05, 4.69) is 15.5 Å². The van der Waals surface area contributed by atoms with Gasteiger partial charge in [-0.1, -0.05) is 54.1 Å². The predicted molar refractivity (Wildman–Crippen MR) is 86.2 cm³/mol. The quantitative estimate of drug-likeness (QED) is 0.781. The Hall–Kier alpha value is -2.66. The van der Waals surface area contributed by atoms with Gasteiger partial charge >= 0.3 is 11.8 Å². The van der Waals surface area contributed by atoms with Gasteiger partial charge in [0.15, 0.2) is 0 Å². The first kappa shape index (κ1) is 15.2. The Morgan fingerprint density at radius 3 is 2.61 bits per heavy atom. The third-order valence-corrected chi connectivity index (χ3v) is 3.44. The Morgan fingerprint density at radius 2 is 1.83 bits per heavy atom. The second-order valence-electron chi connectivity index (χ2n) is 4.98. The van der Waals surface area contributed by atoms with Crippen LogP contribution in [0.25, 0.3) is 0 Å². The SMILES string of the molecule is O=C(NCc1ccccc1)c1nnc(Cc2cccc(Cl)c2)o1. The average molecular weight is 328 g/mol. The van der Waals surface area contributed by atoms with Crippen molar-refractivity contribution in [1.29, 1.82) is 0 Å². The van der Waals surface area contributed by atoms with Gasteiger partial charge in [0.25, 0.3) is 0 Å². The molecule has 0 spiro atoms. The highest BCUT2D eigenvalue weighted by atomic mass is 35.5. The molecule has 1 heterocycles. The topological polar surface area (TPSA) is 68.0 Å². The lowest BCUT2D eigenvalue weighted by molar-refractivity contribution is 0.0914. The highest BCUT2D eigenvalue weighted by Gasteiger charge is 2.14. The number of amides is 1. The Labute approximate surface area is 138 Å². The highest BCUT2D eigenvalue weighted by Crippen LogP contribution is 2.14. The van der Waals surface area contributed by atoms with Crippen molar-refractivity contribution in [2.24, 2.45) is 0 Å². The van der Waals surface area contributed by atoms with Crippen LogP contribution in [0.2, 0.25) is 5.02 Å². The first-order chi connectivity index (χ1) is 11.2. The summed E-state index contributed by atoms with van der Waals surface area (Å²) in [5.41, 5.74) is 1.94. The van der Waals surface area contributed by atoms with Gasteiger partial charge in [0, 0.05) is 11.6 Å². The summed E-state index contributed by atoms with van der Waals surface area (Å²) >= 11 is 5.94. The van der Waals surface area contributed by atoms with Gasteiger partial charge in [0.1, 0.15) is 0 Å². The normalized spacial score (nSPS) is 10.5. The van der Waals surface area contributed by atoms with Crippen molar-refractivity contribution in [2.45, 2.75) is 13.0 Å². The van der Waals surface area contributed by atoms with Crippen LogP contribution in [0.4, 0.5) is 0 Å². The van der Waals surface area contributed by atoms with Gasteiger partial charge < -0.3 is 9.73 Å². The molecule has 0 unspecified atom stereocenters. The van der Waals surface area contributed by atoms with Crippen molar-refractivity contribution in [3.63, 3.8) is 0 Å². The lowest BCUT2D eigenvalue weighted by Gasteiger charge is -2.01. The molecule has 0 fully saturated rings. The Balaban J connectivity index is 1.61. The van der Waals surface area contributed by atoms with Gasteiger partial charge in [0.2, 0.25) is 5.89 Å². The number of aromatic nitrogens is 2. The van der Waals surface area contributed by atoms with E-state index in [4.69, 9.17) is 16.0 Å². The molecule has 116 valence electrons. The van der Waals surface area contributed by atoms with E-state index < -0.39 is 5.91 Å². The summed E-state index contributed by atoms with van der Waals surface area (Å²) < 4.78 is 5.40. The molecule has 0 aliphatic heterocycles. The summed E-state index contributed by atoms with van der Waals surface area (Å²) in [7, 11) is 0. The van der Waals surface area contributed by atoms with E-state index in [1.54, 1.807) is 6.07 Å². The van der Waals surface area contributed by atoms with Crippen LogP contribution in [-0.4, -0.2) is 16.1 Å². The molecular weight excluding hydrogens is 314 g/mol. The standard InChI is InChI=1S/C17H14ClN3O2/c18-14-8-4-7-13(9-14)10-15-20-21-17(23-15)16(22)19-11-12-5-2-1-3-6-12/h1-9H,10-11H2,(H,19,22). The number of carbonyl (C=O) groups is 1. The minimum absolute atomic E-state index is 0.0436. The van der Waals surface area contributed by atoms with Gasteiger partial charge in [-0.2, -0.15) is 0 Å². The van der Waals surface area contributed by atoms with E-state index in [1.165, 1.54) is 0 Å². The summed E-state index contributed by atoms with van der Waals surface area (Å²) in [6, 6.07) is 17.0. The van der Waals surface area contributed by atoms with Crippen LogP contribution in [0.1, 0.15) is 27.7 Å². The van der Waals surface area contributed by atoms with Gasteiger partial charge in [-0.05, 0) is 23.3 Å². The van der Waals surface area contributed by atoms with Gasteiger partial charge in [-0.25, -0.2) is 0 Å².